The van der Waals surface area contributed by atoms with Crippen molar-refractivity contribution >= 4 is 23.1 Å². The molecule has 27 heavy (non-hydrogen) atoms. The van der Waals surface area contributed by atoms with E-state index in [9.17, 15) is 9.59 Å². The van der Waals surface area contributed by atoms with Crippen LogP contribution in [-0.2, 0) is 16.1 Å². The quantitative estimate of drug-likeness (QED) is 0.795. The molecule has 6 nitrogen and oxygen atoms in total. The summed E-state index contributed by atoms with van der Waals surface area (Å²) in [5.41, 5.74) is 6.51. The monoisotopic (exact) mass is 380 g/mol. The summed E-state index contributed by atoms with van der Waals surface area (Å²) in [4.78, 5) is 21.9. The topological polar surface area (TPSA) is 83.6 Å². The highest BCUT2D eigenvalue weighted by Crippen LogP contribution is 2.25. The number of hydrogen-bond acceptors (Lipinski definition) is 4. The number of aldehydes is 1. The molecule has 2 N–H and O–H groups in total. The number of nitrogens with zero attached hydrogens (tertiary/aromatic N) is 1. The normalized spacial score (nSPS) is 9.67. The van der Waals surface area contributed by atoms with E-state index in [0.29, 0.717) is 16.7 Å². The van der Waals surface area contributed by atoms with Crippen molar-refractivity contribution in [2.45, 2.75) is 60.6 Å². The maximum atomic E-state index is 11.3. The third-order valence-corrected chi connectivity index (χ3v) is 3.24. The van der Waals surface area contributed by atoms with Crippen LogP contribution >= 0.6 is 0 Å². The number of primary amides is 1. The Bertz CT molecular complexity index is 685. The van der Waals surface area contributed by atoms with Gasteiger partial charge in [0.1, 0.15) is 12.0 Å². The highest BCUT2D eigenvalue weighted by molar-refractivity contribution is 6.06. The van der Waals surface area contributed by atoms with Crippen LogP contribution in [0.1, 0.15) is 58.8 Å². The molecule has 2 aromatic rings. The summed E-state index contributed by atoms with van der Waals surface area (Å²) in [5.74, 6) is 0.122. The molecule has 0 saturated carbocycles. The number of methoxy groups -OCH3 is 2. The van der Waals surface area contributed by atoms with E-state index >= 15 is 0 Å². The lowest BCUT2D eigenvalue weighted by Gasteiger charge is -2.14. The van der Waals surface area contributed by atoms with Crippen molar-refractivity contribution < 1.29 is 19.1 Å². The number of nitrogens with two attached hydrogens (primary N) is 1. The van der Waals surface area contributed by atoms with Gasteiger partial charge in [-0.3, -0.25) is 4.79 Å². The van der Waals surface area contributed by atoms with Crippen molar-refractivity contribution in [3.8, 4) is 5.75 Å². The minimum Gasteiger partial charge on any atom is -0.497 e. The summed E-state index contributed by atoms with van der Waals surface area (Å²) in [6.07, 6.45) is 2.36. The van der Waals surface area contributed by atoms with Crippen LogP contribution in [0.2, 0.25) is 0 Å². The lowest BCUT2D eigenvalue weighted by atomic mass is 10.1. The highest BCUT2D eigenvalue weighted by Gasteiger charge is 2.13. The van der Waals surface area contributed by atoms with Gasteiger partial charge >= 0.3 is 0 Å². The highest BCUT2D eigenvalue weighted by atomic mass is 16.5. The molecule has 0 atom stereocenters. The Morgan fingerprint density at radius 3 is 2.04 bits per heavy atom. The van der Waals surface area contributed by atoms with Gasteiger partial charge < -0.3 is 24.6 Å². The molecule has 0 aliphatic rings. The van der Waals surface area contributed by atoms with E-state index in [2.05, 4.69) is 0 Å². The van der Waals surface area contributed by atoms with E-state index in [1.165, 1.54) is 0 Å². The second kappa shape index (κ2) is 13.8. The van der Waals surface area contributed by atoms with E-state index in [1.54, 1.807) is 43.2 Å². The molecule has 154 valence electrons. The SMILES string of the molecule is CC.CC.COC(C)(C)C.COc1ccc2c(c1)c(C(N)=O)cn2CC=O. The van der Waals surface area contributed by atoms with Crippen LogP contribution in [0, 0.1) is 0 Å². The zero-order valence-corrected chi connectivity index (χ0v) is 18.3. The number of benzene rings is 1. The Morgan fingerprint density at radius 1 is 1.15 bits per heavy atom. The molecule has 2 rings (SSSR count). The van der Waals surface area contributed by atoms with E-state index in [0.717, 1.165) is 11.8 Å². The molecule has 0 bridgehead atoms. The minimum absolute atomic E-state index is 0.0417. The molecule has 1 aromatic carbocycles. The van der Waals surface area contributed by atoms with E-state index in [1.807, 2.05) is 48.5 Å². The largest absolute Gasteiger partial charge is 0.497 e. The fourth-order valence-electron chi connectivity index (χ4n) is 1.83. The fourth-order valence-corrected chi connectivity index (χ4v) is 1.83. The zero-order chi connectivity index (χ0) is 21.6. The second-order valence-electron chi connectivity index (χ2n) is 5.93. The maximum absolute atomic E-state index is 11.3. The van der Waals surface area contributed by atoms with E-state index < -0.39 is 5.91 Å². The van der Waals surface area contributed by atoms with Crippen molar-refractivity contribution in [2.75, 3.05) is 14.2 Å². The minimum atomic E-state index is -0.520. The Labute approximate surface area is 163 Å². The van der Waals surface area contributed by atoms with Crippen LogP contribution in [-0.4, -0.2) is 36.6 Å². The van der Waals surface area contributed by atoms with Gasteiger partial charge in [0, 0.05) is 24.2 Å². The first kappa shape index (κ1) is 26.9. The number of aromatic nitrogens is 1. The van der Waals surface area contributed by atoms with Gasteiger partial charge in [-0.05, 0) is 39.0 Å². The molecule has 0 spiro atoms. The summed E-state index contributed by atoms with van der Waals surface area (Å²) < 4.78 is 11.7. The van der Waals surface area contributed by atoms with Crippen molar-refractivity contribution in [1.82, 2.24) is 4.57 Å². The van der Waals surface area contributed by atoms with E-state index in [4.69, 9.17) is 15.2 Å². The Morgan fingerprint density at radius 2 is 1.67 bits per heavy atom. The van der Waals surface area contributed by atoms with Gasteiger partial charge in [0.2, 0.25) is 0 Å². The molecule has 1 aromatic heterocycles. The lowest BCUT2D eigenvalue weighted by Crippen LogP contribution is -2.15. The Balaban J connectivity index is 0. The van der Waals surface area contributed by atoms with Crippen molar-refractivity contribution in [2.24, 2.45) is 5.73 Å². The fraction of sp³-hybridized carbons (Fsp3) is 0.524. The lowest BCUT2D eigenvalue weighted by molar-refractivity contribution is -0.108. The zero-order valence-electron chi connectivity index (χ0n) is 18.3. The number of hydrogen-bond donors (Lipinski definition) is 1. The summed E-state index contributed by atoms with van der Waals surface area (Å²) >= 11 is 0. The van der Waals surface area contributed by atoms with Gasteiger partial charge in [0.05, 0.1) is 24.8 Å². The standard InChI is InChI=1S/C12H12N2O3.C5H12O.2C2H6/c1-17-8-2-3-11-9(6-8)10(12(13)16)7-14(11)4-5-15;1-5(2,3)6-4;2*1-2/h2-3,5-7H,4H2,1H3,(H2,13,16);1-4H3;2*1-2H3. The van der Waals surface area contributed by atoms with Gasteiger partial charge in [-0.25, -0.2) is 0 Å². The first-order valence-corrected chi connectivity index (χ1v) is 9.19. The van der Waals surface area contributed by atoms with Crippen molar-refractivity contribution in [1.29, 1.82) is 0 Å². The smallest absolute Gasteiger partial charge is 0.250 e. The molecule has 1 amide bonds. The number of ether oxygens (including phenoxy) is 2. The van der Waals surface area contributed by atoms with Gasteiger partial charge in [0.25, 0.3) is 5.91 Å². The maximum Gasteiger partial charge on any atom is 0.250 e. The number of amides is 1. The van der Waals surface area contributed by atoms with Gasteiger partial charge in [-0.2, -0.15) is 0 Å². The molecule has 1 heterocycles. The van der Waals surface area contributed by atoms with Gasteiger partial charge in [0.15, 0.2) is 0 Å². The molecular weight excluding hydrogens is 344 g/mol. The summed E-state index contributed by atoms with van der Waals surface area (Å²) in [5, 5.41) is 0.693. The number of carbonyl (C=O) groups excluding carboxylic acids is 2. The molecule has 6 heteroatoms. The van der Waals surface area contributed by atoms with Crippen molar-refractivity contribution in [3.63, 3.8) is 0 Å². The van der Waals surface area contributed by atoms with Crippen LogP contribution in [0.5, 0.6) is 5.75 Å². The average Bonchev–Trinajstić information content (AvgIpc) is 3.03. The molecular formula is C21H36N2O4. The molecule has 0 fully saturated rings. The summed E-state index contributed by atoms with van der Waals surface area (Å²) in [7, 11) is 3.26. The molecule has 0 unspecified atom stereocenters. The first-order valence-electron chi connectivity index (χ1n) is 9.19. The predicted octanol–water partition coefficient (Wildman–Crippen LogP) is 4.43. The third-order valence-electron chi connectivity index (χ3n) is 3.24. The second-order valence-corrected chi connectivity index (χ2v) is 5.93. The van der Waals surface area contributed by atoms with Crippen LogP contribution in [0.3, 0.4) is 0 Å². The molecule has 0 aliphatic carbocycles. The molecule has 0 radical (unpaired) electrons. The summed E-state index contributed by atoms with van der Waals surface area (Å²) in [6, 6.07) is 5.30. The van der Waals surface area contributed by atoms with Gasteiger partial charge in [-0.15, -0.1) is 0 Å². The number of rotatable bonds is 4. The number of fused-ring (bicyclic) bond motifs is 1. The Kier molecular flexibility index (Phi) is 13.8. The van der Waals surface area contributed by atoms with Crippen LogP contribution in [0.4, 0.5) is 0 Å². The summed E-state index contributed by atoms with van der Waals surface area (Å²) in [6.45, 7) is 14.3. The van der Waals surface area contributed by atoms with Crippen LogP contribution in [0.15, 0.2) is 24.4 Å². The van der Waals surface area contributed by atoms with E-state index in [-0.39, 0.29) is 12.1 Å². The first-order chi connectivity index (χ1) is 12.7. The molecule has 0 saturated heterocycles. The van der Waals surface area contributed by atoms with Crippen LogP contribution in [0.25, 0.3) is 10.9 Å². The van der Waals surface area contributed by atoms with Crippen molar-refractivity contribution in [3.05, 3.63) is 30.0 Å². The van der Waals surface area contributed by atoms with Gasteiger partial charge in [-0.1, -0.05) is 27.7 Å². The predicted molar refractivity (Wildman–Crippen MR) is 113 cm³/mol. The molecule has 0 aliphatic heterocycles. The Hall–Kier alpha value is -2.34. The third kappa shape index (κ3) is 9.24. The average molecular weight is 381 g/mol. The number of carbonyl (C=O) groups is 2. The van der Waals surface area contributed by atoms with Crippen LogP contribution < -0.4 is 10.5 Å².